The molecular weight excluding hydrogens is 426 g/mol. The molecule has 172 valence electrons. The number of benzene rings is 3. The normalized spacial score (nSPS) is 10.7. The van der Waals surface area contributed by atoms with Crippen molar-refractivity contribution in [3.8, 4) is 0 Å². The number of hydrogen-bond donors (Lipinski definition) is 2. The van der Waals surface area contributed by atoms with Gasteiger partial charge in [-0.1, -0.05) is 72.8 Å². The number of carbonyl (C=O) groups is 2. The molecule has 0 bridgehead atoms. The minimum absolute atomic E-state index is 0.0345. The van der Waals surface area contributed by atoms with Crippen LogP contribution in [-0.4, -0.2) is 22.9 Å². The number of pyridine rings is 1. The van der Waals surface area contributed by atoms with E-state index in [1.807, 2.05) is 72.8 Å². The molecule has 2 amide bonds. The predicted molar refractivity (Wildman–Crippen MR) is 134 cm³/mol. The summed E-state index contributed by atoms with van der Waals surface area (Å²) in [6, 6.07) is 23.8. The standard InChI is InChI=1S/C28H27N3O3/c1-2-29-27(33)24-18-31(16-15-20-9-4-3-5-10-20)19-25(26(24)32)28(34)30-17-22-13-8-12-21-11-6-7-14-23(21)22/h3-14,18-19H,2,15-17H2,1H3,(H,29,33)(H,30,34). The Hall–Kier alpha value is -4.19. The number of nitrogens with zero attached hydrogens (tertiary/aromatic N) is 1. The quantitative estimate of drug-likeness (QED) is 0.424. The number of amides is 2. The lowest BCUT2D eigenvalue weighted by Gasteiger charge is -2.13. The van der Waals surface area contributed by atoms with Gasteiger partial charge in [-0.15, -0.1) is 0 Å². The maximum absolute atomic E-state index is 13.1. The Morgan fingerprint density at radius 1 is 0.794 bits per heavy atom. The van der Waals surface area contributed by atoms with Gasteiger partial charge in [-0.2, -0.15) is 0 Å². The van der Waals surface area contributed by atoms with Gasteiger partial charge < -0.3 is 15.2 Å². The number of aromatic nitrogens is 1. The van der Waals surface area contributed by atoms with E-state index >= 15 is 0 Å². The smallest absolute Gasteiger partial charge is 0.257 e. The van der Waals surface area contributed by atoms with Crippen molar-refractivity contribution in [2.24, 2.45) is 0 Å². The van der Waals surface area contributed by atoms with Crippen LogP contribution in [0, 0.1) is 0 Å². The van der Waals surface area contributed by atoms with Crippen molar-refractivity contribution in [1.82, 2.24) is 15.2 Å². The predicted octanol–water partition coefficient (Wildman–Crippen LogP) is 3.92. The second-order valence-electron chi connectivity index (χ2n) is 8.07. The molecule has 4 aromatic rings. The molecule has 0 radical (unpaired) electrons. The van der Waals surface area contributed by atoms with E-state index in [1.54, 1.807) is 11.5 Å². The molecule has 0 saturated carbocycles. The zero-order valence-electron chi connectivity index (χ0n) is 19.1. The lowest BCUT2D eigenvalue weighted by atomic mass is 10.0. The van der Waals surface area contributed by atoms with Crippen molar-refractivity contribution >= 4 is 22.6 Å². The number of nitrogens with one attached hydrogen (secondary N) is 2. The van der Waals surface area contributed by atoms with Crippen LogP contribution in [0.4, 0.5) is 0 Å². The summed E-state index contributed by atoms with van der Waals surface area (Å²) in [6.45, 7) is 2.97. The first kappa shape index (κ1) is 23.0. The van der Waals surface area contributed by atoms with Gasteiger partial charge in [-0.25, -0.2) is 0 Å². The maximum atomic E-state index is 13.1. The zero-order chi connectivity index (χ0) is 23.9. The summed E-state index contributed by atoms with van der Waals surface area (Å²) in [7, 11) is 0. The Morgan fingerprint density at radius 3 is 2.18 bits per heavy atom. The van der Waals surface area contributed by atoms with E-state index in [1.165, 1.54) is 12.4 Å². The van der Waals surface area contributed by atoms with Gasteiger partial charge in [0.1, 0.15) is 11.1 Å². The summed E-state index contributed by atoms with van der Waals surface area (Å²) in [6.07, 6.45) is 3.76. The van der Waals surface area contributed by atoms with Crippen LogP contribution in [0.2, 0.25) is 0 Å². The Kier molecular flexibility index (Phi) is 7.18. The summed E-state index contributed by atoms with van der Waals surface area (Å²) in [5.74, 6) is -0.984. The Labute approximate surface area is 198 Å². The highest BCUT2D eigenvalue weighted by atomic mass is 16.2. The number of hydrogen-bond acceptors (Lipinski definition) is 3. The fourth-order valence-electron chi connectivity index (χ4n) is 3.96. The van der Waals surface area contributed by atoms with E-state index in [4.69, 9.17) is 0 Å². The molecule has 0 atom stereocenters. The summed E-state index contributed by atoms with van der Waals surface area (Å²) in [5.41, 5.74) is 1.43. The highest BCUT2D eigenvalue weighted by Gasteiger charge is 2.19. The van der Waals surface area contributed by atoms with E-state index in [-0.39, 0.29) is 17.7 Å². The molecular formula is C28H27N3O3. The highest BCUT2D eigenvalue weighted by molar-refractivity contribution is 5.99. The van der Waals surface area contributed by atoms with Crippen LogP contribution < -0.4 is 16.1 Å². The van der Waals surface area contributed by atoms with Crippen LogP contribution >= 0.6 is 0 Å². The third-order valence-electron chi connectivity index (χ3n) is 5.73. The molecule has 0 fully saturated rings. The van der Waals surface area contributed by atoms with Crippen molar-refractivity contribution in [1.29, 1.82) is 0 Å². The van der Waals surface area contributed by atoms with Crippen LogP contribution in [-0.2, 0) is 19.5 Å². The van der Waals surface area contributed by atoms with E-state index in [0.717, 1.165) is 21.9 Å². The monoisotopic (exact) mass is 453 g/mol. The summed E-state index contributed by atoms with van der Waals surface area (Å²) in [5, 5.41) is 7.65. The second kappa shape index (κ2) is 10.6. The number of rotatable bonds is 8. The molecule has 0 aliphatic heterocycles. The second-order valence-corrected chi connectivity index (χ2v) is 8.07. The van der Waals surface area contributed by atoms with Gasteiger partial charge in [0.2, 0.25) is 5.43 Å². The topological polar surface area (TPSA) is 80.2 Å². The van der Waals surface area contributed by atoms with E-state index in [2.05, 4.69) is 10.6 Å². The first-order valence-electron chi connectivity index (χ1n) is 11.4. The van der Waals surface area contributed by atoms with Crippen molar-refractivity contribution in [2.45, 2.75) is 26.4 Å². The van der Waals surface area contributed by atoms with E-state index in [0.29, 0.717) is 19.5 Å². The minimum Gasteiger partial charge on any atom is -0.352 e. The molecule has 0 aliphatic rings. The van der Waals surface area contributed by atoms with Crippen LogP contribution in [0.3, 0.4) is 0 Å². The lowest BCUT2D eigenvalue weighted by Crippen LogP contribution is -2.35. The lowest BCUT2D eigenvalue weighted by molar-refractivity contribution is 0.0949. The van der Waals surface area contributed by atoms with Crippen molar-refractivity contribution in [2.75, 3.05) is 6.54 Å². The van der Waals surface area contributed by atoms with Gasteiger partial charge in [-0.3, -0.25) is 14.4 Å². The third-order valence-corrected chi connectivity index (χ3v) is 5.73. The molecule has 6 heteroatoms. The first-order chi connectivity index (χ1) is 16.6. The van der Waals surface area contributed by atoms with Gasteiger partial charge in [0.15, 0.2) is 0 Å². The van der Waals surface area contributed by atoms with Gasteiger partial charge in [0.05, 0.1) is 0 Å². The summed E-state index contributed by atoms with van der Waals surface area (Å²) < 4.78 is 1.74. The van der Waals surface area contributed by atoms with E-state index < -0.39 is 17.2 Å². The minimum atomic E-state index is -0.572. The fourth-order valence-corrected chi connectivity index (χ4v) is 3.96. The molecule has 2 N–H and O–H groups in total. The molecule has 0 saturated heterocycles. The average molecular weight is 454 g/mol. The third kappa shape index (κ3) is 5.23. The van der Waals surface area contributed by atoms with Gasteiger partial charge >= 0.3 is 0 Å². The number of fused-ring (bicyclic) bond motifs is 1. The largest absolute Gasteiger partial charge is 0.352 e. The van der Waals surface area contributed by atoms with Crippen molar-refractivity contribution < 1.29 is 9.59 Å². The molecule has 34 heavy (non-hydrogen) atoms. The Morgan fingerprint density at radius 2 is 1.44 bits per heavy atom. The fraction of sp³-hybridized carbons (Fsp3) is 0.179. The Balaban J connectivity index is 1.60. The van der Waals surface area contributed by atoms with Crippen LogP contribution in [0.1, 0.15) is 38.8 Å². The van der Waals surface area contributed by atoms with Crippen molar-refractivity contribution in [3.63, 3.8) is 0 Å². The van der Waals surface area contributed by atoms with Gasteiger partial charge in [-0.05, 0) is 35.2 Å². The summed E-state index contributed by atoms with van der Waals surface area (Å²) >= 11 is 0. The molecule has 3 aromatic carbocycles. The molecule has 1 heterocycles. The van der Waals surface area contributed by atoms with Crippen LogP contribution in [0.5, 0.6) is 0 Å². The average Bonchev–Trinajstić information content (AvgIpc) is 2.87. The number of carbonyl (C=O) groups excluding carboxylic acids is 2. The van der Waals surface area contributed by atoms with Gasteiger partial charge in [0.25, 0.3) is 11.8 Å². The number of aryl methyl sites for hydroxylation is 2. The zero-order valence-corrected chi connectivity index (χ0v) is 19.1. The van der Waals surface area contributed by atoms with Crippen molar-refractivity contribution in [3.05, 3.63) is 118 Å². The molecule has 6 nitrogen and oxygen atoms in total. The van der Waals surface area contributed by atoms with Gasteiger partial charge in [0, 0.05) is 32.0 Å². The first-order valence-corrected chi connectivity index (χ1v) is 11.4. The maximum Gasteiger partial charge on any atom is 0.257 e. The SMILES string of the molecule is CCNC(=O)c1cn(CCc2ccccc2)cc(C(=O)NCc2cccc3ccccc23)c1=O. The molecule has 0 unspecified atom stereocenters. The molecule has 4 rings (SSSR count). The van der Waals surface area contributed by atoms with Crippen LogP contribution in [0.25, 0.3) is 10.8 Å². The Bertz CT molecular complexity index is 1370. The van der Waals surface area contributed by atoms with Crippen LogP contribution in [0.15, 0.2) is 90.0 Å². The van der Waals surface area contributed by atoms with E-state index in [9.17, 15) is 14.4 Å². The summed E-state index contributed by atoms with van der Waals surface area (Å²) in [4.78, 5) is 38.7. The molecule has 0 spiro atoms. The molecule has 1 aromatic heterocycles. The highest BCUT2D eigenvalue weighted by Crippen LogP contribution is 2.18. The molecule has 0 aliphatic carbocycles.